The zero-order valence-corrected chi connectivity index (χ0v) is 13.6. The lowest BCUT2D eigenvalue weighted by atomic mass is 9.95. The van der Waals surface area contributed by atoms with Crippen LogP contribution in [0, 0.1) is 5.92 Å². The first kappa shape index (κ1) is 16.4. The summed E-state index contributed by atoms with van der Waals surface area (Å²) in [6, 6.07) is 5.17. The Morgan fingerprint density at radius 1 is 1.21 bits per heavy atom. The molecular formula is C18H21NO5. The van der Waals surface area contributed by atoms with Crippen molar-refractivity contribution >= 4 is 17.6 Å². The maximum absolute atomic E-state index is 12.2. The van der Waals surface area contributed by atoms with Gasteiger partial charge in [-0.05, 0) is 38.3 Å². The number of esters is 1. The van der Waals surface area contributed by atoms with Gasteiger partial charge in [-0.3, -0.25) is 9.59 Å². The number of fused-ring (bicyclic) bond motifs is 1. The molecule has 0 radical (unpaired) electrons. The molecular weight excluding hydrogens is 310 g/mol. The minimum Gasteiger partial charge on any atom is -0.486 e. The Kier molecular flexibility index (Phi) is 5.03. The van der Waals surface area contributed by atoms with Crippen molar-refractivity contribution in [1.29, 1.82) is 0 Å². The predicted molar refractivity (Wildman–Crippen MR) is 88.1 cm³/mol. The monoisotopic (exact) mass is 331 g/mol. The third-order valence-electron chi connectivity index (χ3n) is 4.07. The maximum Gasteiger partial charge on any atom is 0.310 e. The zero-order valence-electron chi connectivity index (χ0n) is 13.6. The average Bonchev–Trinajstić information content (AvgIpc) is 2.62. The SMILES string of the molecule is CC(OC(=O)C1CC=CCC1)C(=O)Nc1ccc2c(c1)OCCO2. The first-order chi connectivity index (χ1) is 11.6. The number of hydrogen-bond acceptors (Lipinski definition) is 5. The topological polar surface area (TPSA) is 73.9 Å². The van der Waals surface area contributed by atoms with E-state index in [1.54, 1.807) is 25.1 Å². The summed E-state index contributed by atoms with van der Waals surface area (Å²) in [4.78, 5) is 24.3. The third kappa shape index (κ3) is 3.88. The van der Waals surface area contributed by atoms with E-state index in [4.69, 9.17) is 14.2 Å². The molecule has 2 unspecified atom stereocenters. The molecule has 6 nitrogen and oxygen atoms in total. The number of anilines is 1. The molecule has 0 saturated heterocycles. The predicted octanol–water partition coefficient (Wildman–Crippen LogP) is 2.68. The fraction of sp³-hybridized carbons (Fsp3) is 0.444. The number of benzene rings is 1. The van der Waals surface area contributed by atoms with E-state index in [2.05, 4.69) is 11.4 Å². The summed E-state index contributed by atoms with van der Waals surface area (Å²) >= 11 is 0. The van der Waals surface area contributed by atoms with Crippen molar-refractivity contribution in [3.8, 4) is 11.5 Å². The molecule has 0 aromatic heterocycles. The Bertz CT molecular complexity index is 655. The minimum atomic E-state index is -0.850. The molecule has 0 spiro atoms. The van der Waals surface area contributed by atoms with Crippen LogP contribution in [0.15, 0.2) is 30.4 Å². The number of carbonyl (C=O) groups excluding carboxylic acids is 2. The lowest BCUT2D eigenvalue weighted by molar-refractivity contribution is -0.157. The van der Waals surface area contributed by atoms with Crippen molar-refractivity contribution in [1.82, 2.24) is 0 Å². The van der Waals surface area contributed by atoms with Crippen molar-refractivity contribution in [2.45, 2.75) is 32.3 Å². The summed E-state index contributed by atoms with van der Waals surface area (Å²) in [5, 5.41) is 2.73. The molecule has 0 bridgehead atoms. The zero-order chi connectivity index (χ0) is 16.9. The molecule has 2 aliphatic rings. The summed E-state index contributed by atoms with van der Waals surface area (Å²) in [5.41, 5.74) is 0.577. The van der Waals surface area contributed by atoms with Gasteiger partial charge in [0, 0.05) is 11.8 Å². The van der Waals surface area contributed by atoms with E-state index in [-0.39, 0.29) is 17.8 Å². The fourth-order valence-corrected chi connectivity index (χ4v) is 2.70. The van der Waals surface area contributed by atoms with Gasteiger partial charge in [0.05, 0.1) is 5.92 Å². The number of amides is 1. The number of ether oxygens (including phenoxy) is 3. The van der Waals surface area contributed by atoms with E-state index in [0.717, 1.165) is 12.8 Å². The van der Waals surface area contributed by atoms with E-state index in [9.17, 15) is 9.59 Å². The summed E-state index contributed by atoms with van der Waals surface area (Å²) in [6.07, 6.45) is 5.51. The van der Waals surface area contributed by atoms with Gasteiger partial charge >= 0.3 is 5.97 Å². The van der Waals surface area contributed by atoms with Gasteiger partial charge in [0.25, 0.3) is 5.91 Å². The van der Waals surface area contributed by atoms with Gasteiger partial charge in [0.1, 0.15) is 13.2 Å². The van der Waals surface area contributed by atoms with Gasteiger partial charge in [0.2, 0.25) is 0 Å². The summed E-state index contributed by atoms with van der Waals surface area (Å²) in [6.45, 7) is 2.57. The van der Waals surface area contributed by atoms with Crippen LogP contribution < -0.4 is 14.8 Å². The van der Waals surface area contributed by atoms with Gasteiger partial charge in [-0.1, -0.05) is 12.2 Å². The maximum atomic E-state index is 12.2. The molecule has 1 aliphatic carbocycles. The molecule has 1 aliphatic heterocycles. The van der Waals surface area contributed by atoms with Crippen molar-refractivity contribution in [3.05, 3.63) is 30.4 Å². The normalized spacial score (nSPS) is 20.1. The van der Waals surface area contributed by atoms with Crippen LogP contribution in [0.25, 0.3) is 0 Å². The highest BCUT2D eigenvalue weighted by Gasteiger charge is 2.25. The van der Waals surface area contributed by atoms with Crippen molar-refractivity contribution in [2.24, 2.45) is 5.92 Å². The lowest BCUT2D eigenvalue weighted by Gasteiger charge is -2.21. The van der Waals surface area contributed by atoms with Gasteiger partial charge in [0.15, 0.2) is 17.6 Å². The average molecular weight is 331 g/mol. The van der Waals surface area contributed by atoms with Crippen molar-refractivity contribution in [3.63, 3.8) is 0 Å². The third-order valence-corrected chi connectivity index (χ3v) is 4.07. The van der Waals surface area contributed by atoms with Crippen LogP contribution in [-0.2, 0) is 14.3 Å². The fourth-order valence-electron chi connectivity index (χ4n) is 2.70. The van der Waals surface area contributed by atoms with Crippen LogP contribution in [0.2, 0.25) is 0 Å². The number of hydrogen-bond donors (Lipinski definition) is 1. The van der Waals surface area contributed by atoms with Crippen LogP contribution in [0.5, 0.6) is 11.5 Å². The molecule has 24 heavy (non-hydrogen) atoms. The molecule has 1 aromatic carbocycles. The number of nitrogens with one attached hydrogen (secondary N) is 1. The second kappa shape index (κ2) is 7.38. The number of allylic oxidation sites excluding steroid dienone is 2. The molecule has 0 fully saturated rings. The van der Waals surface area contributed by atoms with Gasteiger partial charge < -0.3 is 19.5 Å². The Labute approximate surface area is 140 Å². The molecule has 2 atom stereocenters. The second-order valence-electron chi connectivity index (χ2n) is 5.91. The van der Waals surface area contributed by atoms with E-state index in [0.29, 0.717) is 36.8 Å². The lowest BCUT2D eigenvalue weighted by Crippen LogP contribution is -2.32. The molecule has 128 valence electrons. The quantitative estimate of drug-likeness (QED) is 0.678. The minimum absolute atomic E-state index is 0.153. The van der Waals surface area contributed by atoms with Crippen molar-refractivity contribution in [2.75, 3.05) is 18.5 Å². The molecule has 1 N–H and O–H groups in total. The van der Waals surface area contributed by atoms with Crippen LogP contribution in [0.1, 0.15) is 26.2 Å². The largest absolute Gasteiger partial charge is 0.486 e. The summed E-state index contributed by atoms with van der Waals surface area (Å²) in [5.74, 6) is 0.414. The number of carbonyl (C=O) groups is 2. The highest BCUT2D eigenvalue weighted by Crippen LogP contribution is 2.32. The highest BCUT2D eigenvalue weighted by molar-refractivity contribution is 5.95. The Morgan fingerprint density at radius 2 is 2.00 bits per heavy atom. The Hall–Kier alpha value is -2.50. The van der Waals surface area contributed by atoms with Gasteiger partial charge in [-0.25, -0.2) is 0 Å². The van der Waals surface area contributed by atoms with E-state index >= 15 is 0 Å². The molecule has 3 rings (SSSR count). The first-order valence-electron chi connectivity index (χ1n) is 8.19. The smallest absolute Gasteiger partial charge is 0.310 e. The van der Waals surface area contributed by atoms with Crippen LogP contribution >= 0.6 is 0 Å². The van der Waals surface area contributed by atoms with E-state index in [1.165, 1.54) is 0 Å². The van der Waals surface area contributed by atoms with E-state index in [1.807, 2.05) is 6.08 Å². The summed E-state index contributed by atoms with van der Waals surface area (Å²) in [7, 11) is 0. The first-order valence-corrected chi connectivity index (χ1v) is 8.19. The van der Waals surface area contributed by atoms with E-state index < -0.39 is 6.10 Å². The standard InChI is InChI=1S/C18H21NO5/c1-12(24-18(21)13-5-3-2-4-6-13)17(20)19-14-7-8-15-16(11-14)23-10-9-22-15/h2-3,7-8,11-13H,4-6,9-10H2,1H3,(H,19,20). The molecule has 1 aromatic rings. The Balaban J connectivity index is 1.56. The molecule has 0 saturated carbocycles. The Morgan fingerprint density at radius 3 is 2.75 bits per heavy atom. The number of rotatable bonds is 4. The van der Waals surface area contributed by atoms with Crippen LogP contribution in [0.3, 0.4) is 0 Å². The molecule has 6 heteroatoms. The van der Waals surface area contributed by atoms with Gasteiger partial charge in [-0.2, -0.15) is 0 Å². The van der Waals surface area contributed by atoms with Gasteiger partial charge in [-0.15, -0.1) is 0 Å². The van der Waals surface area contributed by atoms with Crippen molar-refractivity contribution < 1.29 is 23.8 Å². The molecule has 1 amide bonds. The van der Waals surface area contributed by atoms with Crippen LogP contribution in [0.4, 0.5) is 5.69 Å². The second-order valence-corrected chi connectivity index (χ2v) is 5.91. The van der Waals surface area contributed by atoms with Crippen LogP contribution in [-0.4, -0.2) is 31.2 Å². The highest BCUT2D eigenvalue weighted by atomic mass is 16.6. The molecule has 1 heterocycles. The summed E-state index contributed by atoms with van der Waals surface area (Å²) < 4.78 is 16.2.